The van der Waals surface area contributed by atoms with E-state index in [0.717, 1.165) is 35.5 Å². The van der Waals surface area contributed by atoms with Gasteiger partial charge in [-0.3, -0.25) is 5.10 Å². The highest BCUT2D eigenvalue weighted by molar-refractivity contribution is 7.09. The summed E-state index contributed by atoms with van der Waals surface area (Å²) >= 11 is 1.77. The minimum absolute atomic E-state index is 0.793. The largest absolute Gasteiger partial charge is 0.368 e. The monoisotopic (exact) mass is 259 g/mol. The number of H-pyrrole nitrogens is 1. The molecule has 0 saturated carbocycles. The summed E-state index contributed by atoms with van der Waals surface area (Å²) in [6.07, 6.45) is 2.56. The molecule has 3 heterocycles. The molecule has 3 rings (SSSR count). The van der Waals surface area contributed by atoms with Crippen molar-refractivity contribution in [2.75, 3.05) is 11.9 Å². The van der Waals surface area contributed by atoms with Crippen LogP contribution in [0.25, 0.3) is 11.0 Å². The van der Waals surface area contributed by atoms with Gasteiger partial charge in [0.15, 0.2) is 11.3 Å². The molecule has 18 heavy (non-hydrogen) atoms. The van der Waals surface area contributed by atoms with Gasteiger partial charge in [0.05, 0.1) is 5.69 Å². The Morgan fingerprint density at radius 2 is 2.28 bits per heavy atom. The lowest BCUT2D eigenvalue weighted by Gasteiger charge is -2.04. The second kappa shape index (κ2) is 4.73. The van der Waals surface area contributed by atoms with Crippen LogP contribution in [0.5, 0.6) is 0 Å². The predicted molar refractivity (Wildman–Crippen MR) is 72.9 cm³/mol. The van der Waals surface area contributed by atoms with Gasteiger partial charge >= 0.3 is 0 Å². The minimum Gasteiger partial charge on any atom is -0.368 e. The number of aromatic amines is 1. The van der Waals surface area contributed by atoms with Crippen LogP contribution in [-0.4, -0.2) is 26.7 Å². The summed E-state index contributed by atoms with van der Waals surface area (Å²) in [4.78, 5) is 9.82. The van der Waals surface area contributed by atoms with E-state index < -0.39 is 0 Å². The number of hydrogen-bond donors (Lipinski definition) is 2. The van der Waals surface area contributed by atoms with Crippen LogP contribution in [0.4, 0.5) is 5.82 Å². The quantitative estimate of drug-likeness (QED) is 0.755. The van der Waals surface area contributed by atoms with E-state index in [4.69, 9.17) is 0 Å². The number of aromatic nitrogens is 4. The van der Waals surface area contributed by atoms with Crippen molar-refractivity contribution in [3.05, 3.63) is 34.4 Å². The maximum absolute atomic E-state index is 4.24. The molecule has 0 aliphatic carbocycles. The van der Waals surface area contributed by atoms with Gasteiger partial charge in [-0.2, -0.15) is 5.10 Å². The van der Waals surface area contributed by atoms with Crippen molar-refractivity contribution in [2.45, 2.75) is 13.3 Å². The van der Waals surface area contributed by atoms with Gasteiger partial charge in [-0.05, 0) is 24.8 Å². The average molecular weight is 259 g/mol. The molecule has 0 unspecified atom stereocenters. The molecule has 0 aliphatic heterocycles. The second-order valence-corrected chi connectivity index (χ2v) is 5.06. The summed E-state index contributed by atoms with van der Waals surface area (Å²) < 4.78 is 0. The normalized spacial score (nSPS) is 10.9. The third kappa shape index (κ3) is 2.06. The van der Waals surface area contributed by atoms with E-state index in [9.17, 15) is 0 Å². The first-order valence-electron chi connectivity index (χ1n) is 5.76. The van der Waals surface area contributed by atoms with Crippen molar-refractivity contribution >= 4 is 28.2 Å². The summed E-state index contributed by atoms with van der Waals surface area (Å²) in [5, 5.41) is 12.6. The fraction of sp³-hybridized carbons (Fsp3) is 0.250. The predicted octanol–water partition coefficient (Wildman–Crippen LogP) is 2.38. The van der Waals surface area contributed by atoms with Gasteiger partial charge in [0.1, 0.15) is 11.8 Å². The second-order valence-electron chi connectivity index (χ2n) is 4.02. The Bertz CT molecular complexity index is 644. The Morgan fingerprint density at radius 3 is 3.11 bits per heavy atom. The zero-order valence-electron chi connectivity index (χ0n) is 9.97. The topological polar surface area (TPSA) is 66.5 Å². The molecule has 0 radical (unpaired) electrons. The van der Waals surface area contributed by atoms with Crippen molar-refractivity contribution in [3.8, 4) is 0 Å². The number of hydrogen-bond acceptors (Lipinski definition) is 5. The Hall–Kier alpha value is -1.95. The molecule has 0 amide bonds. The first-order valence-corrected chi connectivity index (χ1v) is 6.64. The molecular formula is C12H13N5S. The highest BCUT2D eigenvalue weighted by Crippen LogP contribution is 2.18. The molecular weight excluding hydrogens is 246 g/mol. The van der Waals surface area contributed by atoms with Gasteiger partial charge in [0, 0.05) is 11.4 Å². The summed E-state index contributed by atoms with van der Waals surface area (Å²) in [5.41, 5.74) is 2.65. The van der Waals surface area contributed by atoms with Crippen LogP contribution >= 0.6 is 11.3 Å². The highest BCUT2D eigenvalue weighted by Gasteiger charge is 2.08. The molecule has 0 saturated heterocycles. The van der Waals surface area contributed by atoms with E-state index in [-0.39, 0.29) is 0 Å². The molecule has 0 aromatic carbocycles. The molecule has 2 N–H and O–H groups in total. The fourth-order valence-corrected chi connectivity index (χ4v) is 2.55. The van der Waals surface area contributed by atoms with E-state index >= 15 is 0 Å². The molecule has 0 atom stereocenters. The van der Waals surface area contributed by atoms with E-state index in [1.807, 2.05) is 6.92 Å². The molecule has 0 fully saturated rings. The molecule has 6 heteroatoms. The average Bonchev–Trinajstić information content (AvgIpc) is 3.01. The third-order valence-corrected chi connectivity index (χ3v) is 3.69. The Morgan fingerprint density at radius 1 is 1.33 bits per heavy atom. The molecule has 92 valence electrons. The number of anilines is 1. The lowest BCUT2D eigenvalue weighted by Crippen LogP contribution is -2.06. The Kier molecular flexibility index (Phi) is 2.93. The minimum atomic E-state index is 0.793. The zero-order chi connectivity index (χ0) is 12.4. The number of thiophene rings is 1. The van der Waals surface area contributed by atoms with Crippen LogP contribution in [0.15, 0.2) is 23.8 Å². The summed E-state index contributed by atoms with van der Waals surface area (Å²) in [5.74, 6) is 0.793. The maximum atomic E-state index is 4.24. The Balaban J connectivity index is 1.74. The maximum Gasteiger partial charge on any atom is 0.157 e. The van der Waals surface area contributed by atoms with Crippen molar-refractivity contribution in [1.29, 1.82) is 0 Å². The third-order valence-electron chi connectivity index (χ3n) is 2.76. The van der Waals surface area contributed by atoms with E-state index in [0.29, 0.717) is 0 Å². The van der Waals surface area contributed by atoms with Crippen molar-refractivity contribution in [2.24, 2.45) is 0 Å². The van der Waals surface area contributed by atoms with Crippen LogP contribution in [0, 0.1) is 6.92 Å². The molecule has 5 nitrogen and oxygen atoms in total. The van der Waals surface area contributed by atoms with E-state index in [1.54, 1.807) is 17.7 Å². The number of nitrogens with one attached hydrogen (secondary N) is 2. The summed E-state index contributed by atoms with van der Waals surface area (Å²) in [7, 11) is 0. The number of aryl methyl sites for hydroxylation is 1. The van der Waals surface area contributed by atoms with Gasteiger partial charge in [-0.1, -0.05) is 6.07 Å². The van der Waals surface area contributed by atoms with Crippen LogP contribution in [0.3, 0.4) is 0 Å². The molecule has 0 aliphatic rings. The van der Waals surface area contributed by atoms with Crippen molar-refractivity contribution in [1.82, 2.24) is 20.2 Å². The molecule has 3 aromatic heterocycles. The number of nitrogens with zero attached hydrogens (tertiary/aromatic N) is 3. The lowest BCUT2D eigenvalue weighted by molar-refractivity contribution is 1.02. The lowest BCUT2D eigenvalue weighted by atomic mass is 10.3. The number of rotatable bonds is 4. The highest BCUT2D eigenvalue weighted by atomic mass is 32.1. The molecule has 3 aromatic rings. The summed E-state index contributed by atoms with van der Waals surface area (Å²) in [6, 6.07) is 4.21. The van der Waals surface area contributed by atoms with Gasteiger partial charge in [-0.25, -0.2) is 9.97 Å². The molecule has 0 bridgehead atoms. The van der Waals surface area contributed by atoms with Crippen LogP contribution in [-0.2, 0) is 6.42 Å². The first-order chi connectivity index (χ1) is 8.84. The van der Waals surface area contributed by atoms with Gasteiger partial charge in [0.2, 0.25) is 0 Å². The van der Waals surface area contributed by atoms with Gasteiger partial charge in [-0.15, -0.1) is 11.3 Å². The van der Waals surface area contributed by atoms with E-state index in [2.05, 4.69) is 43.0 Å². The zero-order valence-corrected chi connectivity index (χ0v) is 10.8. The van der Waals surface area contributed by atoms with Gasteiger partial charge in [0.25, 0.3) is 0 Å². The molecule has 0 spiro atoms. The van der Waals surface area contributed by atoms with Crippen molar-refractivity contribution in [3.63, 3.8) is 0 Å². The van der Waals surface area contributed by atoms with Gasteiger partial charge < -0.3 is 5.32 Å². The standard InChI is InChI=1S/C12H13N5S/c1-8-10-11(17-16-8)12(15-7-14-10)13-5-4-9-3-2-6-18-9/h2-3,6-7H,4-5H2,1H3,(H,16,17)(H,13,14,15). The Labute approximate surface area is 108 Å². The number of fused-ring (bicyclic) bond motifs is 1. The van der Waals surface area contributed by atoms with E-state index in [1.165, 1.54) is 4.88 Å². The summed E-state index contributed by atoms with van der Waals surface area (Å²) in [6.45, 7) is 2.80. The van der Waals surface area contributed by atoms with Crippen molar-refractivity contribution < 1.29 is 0 Å². The van der Waals surface area contributed by atoms with Crippen LogP contribution < -0.4 is 5.32 Å². The van der Waals surface area contributed by atoms with Crippen LogP contribution in [0.1, 0.15) is 10.6 Å². The fourth-order valence-electron chi connectivity index (χ4n) is 1.84. The first kappa shape index (κ1) is 11.2. The smallest absolute Gasteiger partial charge is 0.157 e. The SMILES string of the molecule is Cc1[nH]nc2c(NCCc3cccs3)ncnc12. The van der Waals surface area contributed by atoms with Crippen LogP contribution in [0.2, 0.25) is 0 Å².